The standard InChI is InChI=1S/C13H14BrNO4/c1-18-10-4-3-8(7-9(10)14)15-11(16)13(5-6-13)12(17)19-2/h3-4,7H,5-6H2,1-2H3,(H,15,16). The van der Waals surface area contributed by atoms with Crippen LogP contribution in [0, 0.1) is 5.41 Å². The van der Waals surface area contributed by atoms with Crippen molar-refractivity contribution in [2.45, 2.75) is 12.8 Å². The van der Waals surface area contributed by atoms with Gasteiger partial charge in [0.05, 0.1) is 18.7 Å². The molecule has 0 radical (unpaired) electrons. The molecule has 6 heteroatoms. The lowest BCUT2D eigenvalue weighted by Gasteiger charge is -2.13. The molecule has 0 heterocycles. The van der Waals surface area contributed by atoms with Crippen LogP contribution in [0.3, 0.4) is 0 Å². The van der Waals surface area contributed by atoms with Crippen molar-refractivity contribution < 1.29 is 19.1 Å². The molecule has 0 unspecified atom stereocenters. The molecule has 1 N–H and O–H groups in total. The third-order valence-electron chi connectivity index (χ3n) is 3.17. The van der Waals surface area contributed by atoms with Crippen molar-refractivity contribution in [1.29, 1.82) is 0 Å². The van der Waals surface area contributed by atoms with Crippen molar-refractivity contribution in [3.8, 4) is 5.75 Å². The number of esters is 1. The van der Waals surface area contributed by atoms with Crippen LogP contribution >= 0.6 is 15.9 Å². The molecule has 0 aromatic heterocycles. The molecule has 1 aromatic rings. The first kappa shape index (κ1) is 13.9. The number of carbonyl (C=O) groups is 2. The number of hydrogen-bond acceptors (Lipinski definition) is 4. The molecule has 1 fully saturated rings. The summed E-state index contributed by atoms with van der Waals surface area (Å²) in [5.41, 5.74) is -0.394. The zero-order chi connectivity index (χ0) is 14.0. The largest absolute Gasteiger partial charge is 0.496 e. The van der Waals surface area contributed by atoms with E-state index in [0.29, 0.717) is 24.3 Å². The summed E-state index contributed by atoms with van der Waals surface area (Å²) in [4.78, 5) is 23.7. The number of hydrogen-bond donors (Lipinski definition) is 1. The Bertz CT molecular complexity index is 525. The fourth-order valence-corrected chi connectivity index (χ4v) is 2.38. The van der Waals surface area contributed by atoms with E-state index >= 15 is 0 Å². The first-order valence-corrected chi connectivity index (χ1v) is 6.56. The van der Waals surface area contributed by atoms with Gasteiger partial charge < -0.3 is 14.8 Å². The summed E-state index contributed by atoms with van der Waals surface area (Å²) < 4.78 is 10.5. The van der Waals surface area contributed by atoms with E-state index in [-0.39, 0.29) is 5.91 Å². The molecule has 2 rings (SSSR count). The highest BCUT2D eigenvalue weighted by molar-refractivity contribution is 9.10. The molecule has 0 bridgehead atoms. The molecule has 0 spiro atoms. The summed E-state index contributed by atoms with van der Waals surface area (Å²) in [6.07, 6.45) is 1.06. The number of benzene rings is 1. The Balaban J connectivity index is 2.12. The molecule has 19 heavy (non-hydrogen) atoms. The minimum Gasteiger partial charge on any atom is -0.496 e. The Morgan fingerprint density at radius 1 is 1.32 bits per heavy atom. The average Bonchev–Trinajstić information content (AvgIpc) is 3.19. The van der Waals surface area contributed by atoms with Gasteiger partial charge in [0.2, 0.25) is 5.91 Å². The van der Waals surface area contributed by atoms with Crippen LogP contribution in [-0.4, -0.2) is 26.1 Å². The fraction of sp³-hybridized carbons (Fsp3) is 0.385. The predicted molar refractivity (Wildman–Crippen MR) is 73.0 cm³/mol. The maximum Gasteiger partial charge on any atom is 0.321 e. The first-order chi connectivity index (χ1) is 9.03. The first-order valence-electron chi connectivity index (χ1n) is 5.77. The van der Waals surface area contributed by atoms with Gasteiger partial charge in [-0.15, -0.1) is 0 Å². The van der Waals surface area contributed by atoms with Crippen LogP contribution in [0.1, 0.15) is 12.8 Å². The van der Waals surface area contributed by atoms with Gasteiger partial charge in [0.15, 0.2) is 0 Å². The third kappa shape index (κ3) is 2.58. The minimum atomic E-state index is -0.999. The number of nitrogens with one attached hydrogen (secondary N) is 1. The van der Waals surface area contributed by atoms with Crippen molar-refractivity contribution >= 4 is 33.5 Å². The number of halogens is 1. The van der Waals surface area contributed by atoms with Gasteiger partial charge in [-0.3, -0.25) is 9.59 Å². The number of methoxy groups -OCH3 is 2. The summed E-state index contributed by atoms with van der Waals surface area (Å²) in [6, 6.07) is 5.18. The molecule has 5 nitrogen and oxygen atoms in total. The van der Waals surface area contributed by atoms with Crippen molar-refractivity contribution in [1.82, 2.24) is 0 Å². The van der Waals surface area contributed by atoms with Gasteiger partial charge in [-0.1, -0.05) is 0 Å². The van der Waals surface area contributed by atoms with Crippen LogP contribution < -0.4 is 10.1 Å². The van der Waals surface area contributed by atoms with E-state index < -0.39 is 11.4 Å². The van der Waals surface area contributed by atoms with Gasteiger partial charge in [0.1, 0.15) is 11.2 Å². The van der Waals surface area contributed by atoms with Gasteiger partial charge in [0, 0.05) is 5.69 Å². The maximum absolute atomic E-state index is 12.1. The van der Waals surface area contributed by atoms with E-state index in [1.807, 2.05) is 0 Å². The Morgan fingerprint density at radius 2 is 2.00 bits per heavy atom. The molecule has 1 aliphatic rings. The number of anilines is 1. The van der Waals surface area contributed by atoms with Gasteiger partial charge in [-0.25, -0.2) is 0 Å². The third-order valence-corrected chi connectivity index (χ3v) is 3.79. The zero-order valence-electron chi connectivity index (χ0n) is 10.7. The summed E-state index contributed by atoms with van der Waals surface area (Å²) in [5, 5.41) is 2.73. The number of carbonyl (C=O) groups excluding carboxylic acids is 2. The summed E-state index contributed by atoms with van der Waals surface area (Å²) in [5.74, 6) is -0.124. The van der Waals surface area contributed by atoms with E-state index in [4.69, 9.17) is 4.74 Å². The van der Waals surface area contributed by atoms with Crippen LogP contribution in [0.5, 0.6) is 5.75 Å². The number of rotatable bonds is 4. The van der Waals surface area contributed by atoms with Crippen molar-refractivity contribution in [3.05, 3.63) is 22.7 Å². The highest BCUT2D eigenvalue weighted by atomic mass is 79.9. The molecule has 1 amide bonds. The lowest BCUT2D eigenvalue weighted by atomic mass is 10.1. The van der Waals surface area contributed by atoms with E-state index in [1.54, 1.807) is 25.3 Å². The maximum atomic E-state index is 12.1. The Morgan fingerprint density at radius 3 is 2.47 bits per heavy atom. The fourth-order valence-electron chi connectivity index (χ4n) is 1.84. The second-order valence-corrected chi connectivity index (χ2v) is 5.23. The Kier molecular flexibility index (Phi) is 3.80. The van der Waals surface area contributed by atoms with Crippen LogP contribution in [0.15, 0.2) is 22.7 Å². The summed E-state index contributed by atoms with van der Waals surface area (Å²) in [7, 11) is 2.86. The lowest BCUT2D eigenvalue weighted by molar-refractivity contribution is -0.150. The molecule has 0 aliphatic heterocycles. The molecule has 102 valence electrons. The molecule has 1 saturated carbocycles. The predicted octanol–water partition coefficient (Wildman–Crippen LogP) is 2.35. The number of ether oxygens (including phenoxy) is 2. The van der Waals surface area contributed by atoms with E-state index in [2.05, 4.69) is 26.0 Å². The minimum absolute atomic E-state index is 0.323. The van der Waals surface area contributed by atoms with Gasteiger partial charge in [-0.2, -0.15) is 0 Å². The topological polar surface area (TPSA) is 64.6 Å². The average molecular weight is 328 g/mol. The van der Waals surface area contributed by atoms with Crippen molar-refractivity contribution in [2.75, 3.05) is 19.5 Å². The lowest BCUT2D eigenvalue weighted by Crippen LogP contribution is -2.32. The molecule has 1 aliphatic carbocycles. The molecule has 0 atom stereocenters. The quantitative estimate of drug-likeness (QED) is 0.681. The second kappa shape index (κ2) is 5.21. The van der Waals surface area contributed by atoms with Crippen molar-refractivity contribution in [2.24, 2.45) is 5.41 Å². The molecular formula is C13H14BrNO4. The Hall–Kier alpha value is -1.56. The molecule has 0 saturated heterocycles. The Labute approximate surface area is 119 Å². The van der Waals surface area contributed by atoms with Crippen molar-refractivity contribution in [3.63, 3.8) is 0 Å². The second-order valence-electron chi connectivity index (χ2n) is 4.38. The van der Waals surface area contributed by atoms with Crippen LogP contribution in [-0.2, 0) is 14.3 Å². The molecular weight excluding hydrogens is 314 g/mol. The smallest absolute Gasteiger partial charge is 0.321 e. The van der Waals surface area contributed by atoms with Crippen LogP contribution in [0.4, 0.5) is 5.69 Å². The van der Waals surface area contributed by atoms with Gasteiger partial charge in [-0.05, 0) is 47.0 Å². The highest BCUT2D eigenvalue weighted by Gasteiger charge is 2.57. The number of amides is 1. The van der Waals surface area contributed by atoms with Gasteiger partial charge >= 0.3 is 5.97 Å². The monoisotopic (exact) mass is 327 g/mol. The molecule has 1 aromatic carbocycles. The zero-order valence-corrected chi connectivity index (χ0v) is 12.2. The van der Waals surface area contributed by atoms with Gasteiger partial charge in [0.25, 0.3) is 0 Å². The summed E-state index contributed by atoms with van der Waals surface area (Å²) in [6.45, 7) is 0. The van der Waals surface area contributed by atoms with E-state index in [9.17, 15) is 9.59 Å². The SMILES string of the molecule is COC(=O)C1(C(=O)Nc2ccc(OC)c(Br)c2)CC1. The van der Waals surface area contributed by atoms with E-state index in [1.165, 1.54) is 7.11 Å². The summed E-state index contributed by atoms with van der Waals surface area (Å²) >= 11 is 3.34. The normalized spacial score (nSPS) is 15.5. The van der Waals surface area contributed by atoms with Crippen LogP contribution in [0.25, 0.3) is 0 Å². The highest BCUT2D eigenvalue weighted by Crippen LogP contribution is 2.47. The van der Waals surface area contributed by atoms with Crippen LogP contribution in [0.2, 0.25) is 0 Å². The van der Waals surface area contributed by atoms with E-state index in [0.717, 1.165) is 4.47 Å².